The molecule has 4 aromatic rings. The summed E-state index contributed by atoms with van der Waals surface area (Å²) in [6, 6.07) is 29.5. The minimum Gasteiger partial charge on any atom is -0.325 e. The smallest absolute Gasteiger partial charge is 0.241 e. The normalized spacial score (nSPS) is 11.8. The number of anilines is 1. The van der Waals surface area contributed by atoms with Gasteiger partial charge in [-0.3, -0.25) is 9.59 Å². The quantitative estimate of drug-likeness (QED) is 0.470. The summed E-state index contributed by atoms with van der Waals surface area (Å²) in [7, 11) is 0. The molecule has 0 aliphatic heterocycles. The second kappa shape index (κ2) is 8.72. The van der Waals surface area contributed by atoms with Gasteiger partial charge in [-0.05, 0) is 34.9 Å². The number of nitrogens with one attached hydrogen (secondary N) is 1. The van der Waals surface area contributed by atoms with Crippen LogP contribution in [-0.2, 0) is 11.2 Å². The monoisotopic (exact) mass is 394 g/mol. The molecule has 4 heteroatoms. The Balaban J connectivity index is 1.39. The van der Waals surface area contributed by atoms with Crippen LogP contribution in [0.25, 0.3) is 10.8 Å². The fraction of sp³-hybridized carbons (Fsp3) is 0.0769. The molecule has 1 amide bonds. The predicted molar refractivity (Wildman–Crippen MR) is 121 cm³/mol. The van der Waals surface area contributed by atoms with Crippen LogP contribution in [0.3, 0.4) is 0 Å². The van der Waals surface area contributed by atoms with Crippen molar-refractivity contribution in [2.24, 2.45) is 5.73 Å². The van der Waals surface area contributed by atoms with Crippen LogP contribution in [-0.4, -0.2) is 17.7 Å². The third-order valence-corrected chi connectivity index (χ3v) is 5.06. The summed E-state index contributed by atoms with van der Waals surface area (Å²) in [5, 5.41) is 5.06. The lowest BCUT2D eigenvalue weighted by atomic mass is 9.99. The second-order valence-electron chi connectivity index (χ2n) is 7.25. The van der Waals surface area contributed by atoms with Crippen LogP contribution in [0.1, 0.15) is 21.5 Å². The van der Waals surface area contributed by atoms with Crippen molar-refractivity contribution >= 4 is 28.2 Å². The zero-order valence-electron chi connectivity index (χ0n) is 16.4. The first-order valence-corrected chi connectivity index (χ1v) is 9.84. The van der Waals surface area contributed by atoms with Crippen LogP contribution in [0.15, 0.2) is 97.1 Å². The lowest BCUT2D eigenvalue weighted by molar-refractivity contribution is -0.117. The van der Waals surface area contributed by atoms with Crippen molar-refractivity contribution < 1.29 is 9.59 Å². The lowest BCUT2D eigenvalue weighted by Gasteiger charge is -2.13. The number of hydrogen-bond acceptors (Lipinski definition) is 3. The Kier molecular flexibility index (Phi) is 5.68. The minimum absolute atomic E-state index is 0.0273. The van der Waals surface area contributed by atoms with E-state index in [-0.39, 0.29) is 11.7 Å². The highest BCUT2D eigenvalue weighted by Gasteiger charge is 2.15. The molecule has 0 aromatic heterocycles. The highest BCUT2D eigenvalue weighted by atomic mass is 16.2. The van der Waals surface area contributed by atoms with Crippen molar-refractivity contribution in [2.45, 2.75) is 12.5 Å². The Hall–Kier alpha value is -3.76. The molecular formula is C26H22N2O2. The molecule has 0 saturated carbocycles. The van der Waals surface area contributed by atoms with Gasteiger partial charge in [0, 0.05) is 16.8 Å². The molecule has 0 aliphatic carbocycles. The summed E-state index contributed by atoms with van der Waals surface area (Å²) in [6.07, 6.45) is 0.388. The number of carbonyl (C=O) groups excluding carboxylic acids is 2. The van der Waals surface area contributed by atoms with E-state index >= 15 is 0 Å². The van der Waals surface area contributed by atoms with Crippen molar-refractivity contribution in [2.75, 3.05) is 5.32 Å². The molecule has 1 atom stereocenters. The van der Waals surface area contributed by atoms with E-state index in [2.05, 4.69) is 5.32 Å². The van der Waals surface area contributed by atoms with Crippen molar-refractivity contribution in [1.29, 1.82) is 0 Å². The van der Waals surface area contributed by atoms with Gasteiger partial charge >= 0.3 is 0 Å². The maximum absolute atomic E-state index is 12.5. The largest absolute Gasteiger partial charge is 0.325 e. The molecule has 3 N–H and O–H groups in total. The number of benzene rings is 4. The molecule has 0 heterocycles. The highest BCUT2D eigenvalue weighted by Crippen LogP contribution is 2.19. The van der Waals surface area contributed by atoms with Crippen LogP contribution < -0.4 is 11.1 Å². The average Bonchev–Trinajstić information content (AvgIpc) is 2.79. The van der Waals surface area contributed by atoms with E-state index in [9.17, 15) is 9.59 Å². The molecule has 0 aliphatic rings. The first-order valence-electron chi connectivity index (χ1n) is 9.84. The van der Waals surface area contributed by atoms with Crippen LogP contribution in [0.4, 0.5) is 5.69 Å². The molecule has 148 valence electrons. The van der Waals surface area contributed by atoms with Gasteiger partial charge in [-0.15, -0.1) is 0 Å². The van der Waals surface area contributed by atoms with Gasteiger partial charge in [0.15, 0.2) is 5.78 Å². The van der Waals surface area contributed by atoms with E-state index in [4.69, 9.17) is 5.73 Å². The fourth-order valence-corrected chi connectivity index (χ4v) is 3.40. The van der Waals surface area contributed by atoms with E-state index in [1.807, 2.05) is 72.8 Å². The number of fused-ring (bicyclic) bond motifs is 1. The molecule has 0 spiro atoms. The van der Waals surface area contributed by atoms with Crippen LogP contribution in [0, 0.1) is 0 Å². The molecule has 0 saturated heterocycles. The number of carbonyl (C=O) groups is 2. The summed E-state index contributed by atoms with van der Waals surface area (Å²) < 4.78 is 0. The van der Waals surface area contributed by atoms with Crippen LogP contribution >= 0.6 is 0 Å². The molecule has 4 nitrogen and oxygen atoms in total. The Morgan fingerprint density at radius 2 is 1.37 bits per heavy atom. The maximum atomic E-state index is 12.5. The van der Waals surface area contributed by atoms with Gasteiger partial charge < -0.3 is 11.1 Å². The Morgan fingerprint density at radius 1 is 0.733 bits per heavy atom. The van der Waals surface area contributed by atoms with Crippen molar-refractivity contribution in [3.05, 3.63) is 114 Å². The minimum atomic E-state index is -0.688. The summed E-state index contributed by atoms with van der Waals surface area (Å²) in [6.45, 7) is 0. The summed E-state index contributed by atoms with van der Waals surface area (Å²) in [5.41, 5.74) is 9.00. The molecular weight excluding hydrogens is 372 g/mol. The van der Waals surface area contributed by atoms with E-state index in [0.717, 1.165) is 22.0 Å². The zero-order chi connectivity index (χ0) is 20.9. The van der Waals surface area contributed by atoms with Gasteiger partial charge in [-0.2, -0.15) is 0 Å². The Bertz CT molecular complexity index is 1180. The van der Waals surface area contributed by atoms with Crippen LogP contribution in [0.2, 0.25) is 0 Å². The Morgan fingerprint density at radius 3 is 2.10 bits per heavy atom. The van der Waals surface area contributed by atoms with Gasteiger partial charge in [-0.1, -0.05) is 84.9 Å². The first-order chi connectivity index (χ1) is 14.6. The fourth-order valence-electron chi connectivity index (χ4n) is 3.40. The van der Waals surface area contributed by atoms with Gasteiger partial charge in [0.25, 0.3) is 0 Å². The standard InChI is InChI=1S/C26H22N2O2/c27-24(26(30)28-23-15-14-19-6-4-5-9-22(19)17-23)16-18-10-12-21(13-11-18)25(29)20-7-2-1-3-8-20/h1-15,17,24H,16,27H2,(H,28,30). The lowest BCUT2D eigenvalue weighted by Crippen LogP contribution is -2.37. The number of amides is 1. The second-order valence-corrected chi connectivity index (χ2v) is 7.25. The zero-order valence-corrected chi connectivity index (χ0v) is 16.4. The van der Waals surface area contributed by atoms with Crippen LogP contribution in [0.5, 0.6) is 0 Å². The molecule has 4 rings (SSSR count). The van der Waals surface area contributed by atoms with Crippen molar-refractivity contribution in [3.8, 4) is 0 Å². The topological polar surface area (TPSA) is 72.2 Å². The summed E-state index contributed by atoms with van der Waals surface area (Å²) >= 11 is 0. The van der Waals surface area contributed by atoms with E-state index in [0.29, 0.717) is 17.5 Å². The van der Waals surface area contributed by atoms with Crippen molar-refractivity contribution in [3.63, 3.8) is 0 Å². The maximum Gasteiger partial charge on any atom is 0.241 e. The highest BCUT2D eigenvalue weighted by molar-refractivity contribution is 6.09. The average molecular weight is 394 g/mol. The first kappa shape index (κ1) is 19.6. The molecule has 0 bridgehead atoms. The third kappa shape index (κ3) is 4.45. The van der Waals surface area contributed by atoms with Gasteiger partial charge in [0.05, 0.1) is 6.04 Å². The van der Waals surface area contributed by atoms with Gasteiger partial charge in [0.1, 0.15) is 0 Å². The molecule has 0 fully saturated rings. The number of nitrogens with two attached hydrogens (primary N) is 1. The van der Waals surface area contributed by atoms with E-state index < -0.39 is 6.04 Å². The van der Waals surface area contributed by atoms with E-state index in [1.165, 1.54) is 0 Å². The number of hydrogen-bond donors (Lipinski definition) is 2. The summed E-state index contributed by atoms with van der Waals surface area (Å²) in [4.78, 5) is 25.0. The number of rotatable bonds is 6. The Labute approximate surface area is 175 Å². The molecule has 0 radical (unpaired) electrons. The molecule has 30 heavy (non-hydrogen) atoms. The van der Waals surface area contributed by atoms with Crippen molar-refractivity contribution in [1.82, 2.24) is 0 Å². The predicted octanol–water partition coefficient (Wildman–Crippen LogP) is 4.58. The molecule has 1 unspecified atom stereocenters. The SMILES string of the molecule is NC(Cc1ccc(C(=O)c2ccccc2)cc1)C(=O)Nc1ccc2ccccc2c1. The summed E-state index contributed by atoms with van der Waals surface area (Å²) in [5.74, 6) is -0.268. The van der Waals surface area contributed by atoms with Gasteiger partial charge in [0.2, 0.25) is 5.91 Å². The molecule has 4 aromatic carbocycles. The number of ketones is 1. The van der Waals surface area contributed by atoms with E-state index in [1.54, 1.807) is 24.3 Å². The van der Waals surface area contributed by atoms with Gasteiger partial charge in [-0.25, -0.2) is 0 Å². The third-order valence-electron chi connectivity index (χ3n) is 5.06.